The molecular weight excluding hydrogens is 590 g/mol. The van der Waals surface area contributed by atoms with Gasteiger partial charge in [-0.3, -0.25) is 9.11 Å². The van der Waals surface area contributed by atoms with Crippen LogP contribution in [0.3, 0.4) is 0 Å². The second-order valence-electron chi connectivity index (χ2n) is 7.95. The number of carbonyl (C=O) groups excluding carboxylic acids is 1. The smallest absolute Gasteiger partial charge is 0.341 e. The van der Waals surface area contributed by atoms with E-state index in [1.54, 1.807) is 0 Å². The largest absolute Gasteiger partial charge is 0.507 e. The van der Waals surface area contributed by atoms with Crippen molar-refractivity contribution in [3.8, 4) is 11.5 Å². The Labute approximate surface area is 271 Å². The molecule has 0 aromatic heterocycles. The SMILES string of the molecule is O=C(O)COc1cc(S(=O)(=O)O)cc2cc(NC(=O)Nc3ccc4c(O)cc(S(=O)(=O)O)cc4c3)ccc12.[Na].[Na]. The van der Waals surface area contributed by atoms with Gasteiger partial charge in [-0.2, -0.15) is 16.8 Å². The number of carboxylic acids is 1. The maximum atomic E-state index is 12.6. The van der Waals surface area contributed by atoms with Crippen molar-refractivity contribution < 1.29 is 50.5 Å². The molecule has 0 saturated carbocycles. The number of aliphatic carboxylic acids is 1. The fraction of sp³-hybridized carbons (Fsp3) is 0.0435. The van der Waals surface area contributed by atoms with Crippen molar-refractivity contribution in [2.45, 2.75) is 9.79 Å². The van der Waals surface area contributed by atoms with E-state index < -0.39 is 54.4 Å². The second-order valence-corrected chi connectivity index (χ2v) is 10.8. The van der Waals surface area contributed by atoms with Gasteiger partial charge >= 0.3 is 12.0 Å². The number of aromatic hydroxyl groups is 1. The topological polar surface area (TPSA) is 217 Å². The van der Waals surface area contributed by atoms with Crippen LogP contribution in [0.1, 0.15) is 0 Å². The van der Waals surface area contributed by atoms with Gasteiger partial charge in [-0.05, 0) is 59.3 Å². The molecule has 2 radical (unpaired) electrons. The summed E-state index contributed by atoms with van der Waals surface area (Å²) >= 11 is 0. The van der Waals surface area contributed by atoms with Crippen LogP contribution in [0.2, 0.25) is 0 Å². The predicted molar refractivity (Wildman–Crippen MR) is 146 cm³/mol. The first-order chi connectivity index (χ1) is 17.7. The molecule has 13 nitrogen and oxygen atoms in total. The van der Waals surface area contributed by atoms with Crippen LogP contribution in [0.15, 0.2) is 70.5 Å². The van der Waals surface area contributed by atoms with Crippen molar-refractivity contribution >= 4 is 124 Å². The first kappa shape index (κ1) is 33.8. The maximum Gasteiger partial charge on any atom is 0.341 e. The maximum absolute atomic E-state index is 12.6. The van der Waals surface area contributed by atoms with Gasteiger partial charge in [0.15, 0.2) is 6.61 Å². The second kappa shape index (κ2) is 13.0. The number of phenols is 1. The number of fused-ring (bicyclic) bond motifs is 2. The molecule has 0 atom stereocenters. The zero-order valence-electron chi connectivity index (χ0n) is 20.9. The first-order valence-corrected chi connectivity index (χ1v) is 13.3. The first-order valence-electron chi connectivity index (χ1n) is 10.4. The van der Waals surface area contributed by atoms with E-state index in [9.17, 15) is 40.6 Å². The van der Waals surface area contributed by atoms with Crippen molar-refractivity contribution in [3.05, 3.63) is 60.7 Å². The number of rotatable bonds is 7. The molecule has 0 bridgehead atoms. The number of carbonyl (C=O) groups is 2. The van der Waals surface area contributed by atoms with Crippen molar-refractivity contribution in [2.75, 3.05) is 17.2 Å². The van der Waals surface area contributed by atoms with Gasteiger partial charge in [-0.1, -0.05) is 0 Å². The number of phenolic OH excluding ortho intramolecular Hbond substituents is 1. The standard InChI is InChI=1S/C23H18N2O11S2.2Na/c26-20-9-16(37(30,31)32)7-12-5-14(1-3-18(12)20)24-23(29)25-15-2-4-19-13(6-15)8-17(38(33,34)35)10-21(19)36-11-22(27)28;;/h1-10,26H,11H2,(H,27,28)(H2,24,25,29)(H,30,31,32)(H,33,34,35);;. The van der Waals surface area contributed by atoms with Crippen LogP contribution >= 0.6 is 0 Å². The molecule has 0 fully saturated rings. The van der Waals surface area contributed by atoms with Crippen LogP contribution in [0.4, 0.5) is 16.2 Å². The number of benzene rings is 4. The van der Waals surface area contributed by atoms with Gasteiger partial charge in [0.25, 0.3) is 20.2 Å². The van der Waals surface area contributed by atoms with Gasteiger partial charge in [0.2, 0.25) is 0 Å². The molecule has 0 aliphatic heterocycles. The number of hydrogen-bond donors (Lipinski definition) is 6. The normalized spacial score (nSPS) is 11.2. The molecule has 4 aromatic carbocycles. The molecule has 17 heteroatoms. The van der Waals surface area contributed by atoms with Crippen LogP contribution in [0, 0.1) is 0 Å². The van der Waals surface area contributed by atoms with Crippen LogP contribution in [0.25, 0.3) is 21.5 Å². The summed E-state index contributed by atoms with van der Waals surface area (Å²) in [6.45, 7) is -0.762. The van der Waals surface area contributed by atoms with Gasteiger partial charge in [-0.25, -0.2) is 9.59 Å². The Bertz CT molecular complexity index is 1850. The summed E-state index contributed by atoms with van der Waals surface area (Å²) in [6, 6.07) is 11.9. The van der Waals surface area contributed by atoms with Gasteiger partial charge in [0, 0.05) is 93.4 Å². The molecule has 40 heavy (non-hydrogen) atoms. The van der Waals surface area contributed by atoms with Crippen molar-refractivity contribution in [2.24, 2.45) is 0 Å². The van der Waals surface area contributed by atoms with Crippen molar-refractivity contribution in [1.82, 2.24) is 0 Å². The van der Waals surface area contributed by atoms with Crippen LogP contribution in [0.5, 0.6) is 11.5 Å². The average molecular weight is 609 g/mol. The Morgan fingerprint density at radius 2 is 1.20 bits per heavy atom. The number of amides is 2. The van der Waals surface area contributed by atoms with Crippen LogP contribution in [-0.2, 0) is 25.0 Å². The third-order valence-electron chi connectivity index (χ3n) is 5.26. The summed E-state index contributed by atoms with van der Waals surface area (Å²) < 4.78 is 70.0. The molecule has 6 N–H and O–H groups in total. The quantitative estimate of drug-likeness (QED) is 0.132. The predicted octanol–water partition coefficient (Wildman–Crippen LogP) is 2.54. The summed E-state index contributed by atoms with van der Waals surface area (Å²) in [7, 11) is -9.25. The number of hydrogen-bond acceptors (Lipinski definition) is 8. The minimum absolute atomic E-state index is 0. The molecule has 4 rings (SSSR count). The summed E-state index contributed by atoms with van der Waals surface area (Å²) in [5.74, 6) is -1.81. The molecule has 0 heterocycles. The van der Waals surface area contributed by atoms with E-state index in [-0.39, 0.29) is 92.4 Å². The number of anilines is 2. The van der Waals surface area contributed by atoms with Gasteiger partial charge in [0.05, 0.1) is 9.79 Å². The molecule has 0 aliphatic rings. The molecule has 0 aliphatic carbocycles. The third-order valence-corrected chi connectivity index (χ3v) is 6.92. The fourth-order valence-electron chi connectivity index (χ4n) is 3.64. The molecule has 4 aromatic rings. The minimum atomic E-state index is -4.66. The zero-order chi connectivity index (χ0) is 27.8. The molecule has 0 unspecified atom stereocenters. The molecule has 200 valence electrons. The Balaban J connectivity index is 0.00000280. The van der Waals surface area contributed by atoms with Gasteiger partial charge < -0.3 is 25.6 Å². The van der Waals surface area contributed by atoms with Gasteiger partial charge in [-0.15, -0.1) is 0 Å². The number of carboxylic acid groups (broad SMARTS) is 1. The summed E-state index contributed by atoms with van der Waals surface area (Å²) in [5.41, 5.74) is 0.402. The Kier molecular flexibility index (Phi) is 11.0. The summed E-state index contributed by atoms with van der Waals surface area (Å²) in [5, 5.41) is 25.0. The minimum Gasteiger partial charge on any atom is -0.507 e. The fourth-order valence-corrected chi connectivity index (χ4v) is 4.71. The summed E-state index contributed by atoms with van der Waals surface area (Å²) in [6.07, 6.45) is 0. The molecule has 0 spiro atoms. The van der Waals surface area contributed by atoms with Crippen molar-refractivity contribution in [3.63, 3.8) is 0 Å². The number of urea groups is 1. The van der Waals surface area contributed by atoms with E-state index in [0.717, 1.165) is 24.3 Å². The summed E-state index contributed by atoms with van der Waals surface area (Å²) in [4.78, 5) is 22.4. The van der Waals surface area contributed by atoms with Gasteiger partial charge in [0.1, 0.15) is 11.5 Å². The van der Waals surface area contributed by atoms with Crippen molar-refractivity contribution in [1.29, 1.82) is 0 Å². The average Bonchev–Trinajstić information content (AvgIpc) is 2.80. The number of ether oxygens (including phenoxy) is 1. The zero-order valence-corrected chi connectivity index (χ0v) is 26.6. The van der Waals surface area contributed by atoms with E-state index >= 15 is 0 Å². The third kappa shape index (κ3) is 8.07. The van der Waals surface area contributed by atoms with E-state index in [1.165, 1.54) is 36.4 Å². The Morgan fingerprint density at radius 1 is 0.725 bits per heavy atom. The molecule has 2 amide bonds. The molecule has 0 saturated heterocycles. The van der Waals surface area contributed by atoms with E-state index in [1.807, 2.05) is 0 Å². The van der Waals surface area contributed by atoms with Crippen LogP contribution in [-0.4, -0.2) is 114 Å². The number of nitrogens with one attached hydrogen (secondary N) is 2. The van der Waals surface area contributed by atoms with E-state index in [2.05, 4.69) is 10.6 Å². The monoisotopic (exact) mass is 608 g/mol. The Hall–Kier alpha value is -2.44. The Morgan fingerprint density at radius 3 is 1.70 bits per heavy atom. The van der Waals surface area contributed by atoms with E-state index in [0.29, 0.717) is 5.39 Å². The molecular formula is C23H18N2Na2O11S2. The van der Waals surface area contributed by atoms with E-state index in [4.69, 9.17) is 9.84 Å². The van der Waals surface area contributed by atoms with Crippen LogP contribution < -0.4 is 15.4 Å².